The van der Waals surface area contributed by atoms with Gasteiger partial charge in [0.1, 0.15) is 35.9 Å². The summed E-state index contributed by atoms with van der Waals surface area (Å²) in [6.45, 7) is 11.3. The van der Waals surface area contributed by atoms with Gasteiger partial charge in [-0.05, 0) is 53.7 Å². The third-order valence-electron chi connectivity index (χ3n) is 8.68. The molecule has 18 nitrogen and oxygen atoms in total. The average Bonchev–Trinajstić information content (AvgIpc) is 4.04. The van der Waals surface area contributed by atoms with Gasteiger partial charge in [0.05, 0.1) is 49.0 Å². The number of aromatic nitrogens is 14. The van der Waals surface area contributed by atoms with Crippen LogP contribution in [0.2, 0.25) is 0 Å². The standard InChI is InChI=1S/2C20H20FN9/c2*1-12(2)26-17-5-19(30-20-15(8-25-30)4-14(6-22)7-24-20)23-9-16(17)18-11-29(28-27-18)10-13(3)21/h2*4-5,7-9,11-13H,10H2,1-3H3,(H,23,26). The van der Waals surface area contributed by atoms with Gasteiger partial charge in [0.15, 0.2) is 22.9 Å². The van der Waals surface area contributed by atoms with E-state index < -0.39 is 12.3 Å². The number of hydrogen-bond acceptors (Lipinski definition) is 14. The van der Waals surface area contributed by atoms with Crippen LogP contribution in [0.3, 0.4) is 0 Å². The Morgan fingerprint density at radius 1 is 0.583 bits per heavy atom. The number of nitrogens with zero attached hydrogens (tertiary/aromatic N) is 16. The van der Waals surface area contributed by atoms with E-state index in [2.05, 4.69) is 73.5 Å². The first-order chi connectivity index (χ1) is 28.9. The van der Waals surface area contributed by atoms with Crippen LogP contribution in [0.5, 0.6) is 0 Å². The van der Waals surface area contributed by atoms with Gasteiger partial charge in [0.2, 0.25) is 0 Å². The molecule has 2 unspecified atom stereocenters. The van der Waals surface area contributed by atoms with Crippen molar-refractivity contribution in [2.75, 3.05) is 10.6 Å². The summed E-state index contributed by atoms with van der Waals surface area (Å²) in [6.07, 6.45) is 11.0. The zero-order valence-electron chi connectivity index (χ0n) is 33.6. The second-order valence-electron chi connectivity index (χ2n) is 14.6. The second kappa shape index (κ2) is 17.4. The van der Waals surface area contributed by atoms with E-state index in [1.54, 1.807) is 58.7 Å². The van der Waals surface area contributed by atoms with Gasteiger partial charge in [-0.2, -0.15) is 30.1 Å². The molecule has 0 aliphatic carbocycles. The highest BCUT2D eigenvalue weighted by atomic mass is 19.1. The Balaban J connectivity index is 0.000000181. The molecule has 0 amide bonds. The summed E-state index contributed by atoms with van der Waals surface area (Å²) >= 11 is 0. The highest BCUT2D eigenvalue weighted by molar-refractivity contribution is 5.81. The highest BCUT2D eigenvalue weighted by Crippen LogP contribution is 2.30. The van der Waals surface area contributed by atoms with Gasteiger partial charge in [-0.25, -0.2) is 38.1 Å². The summed E-state index contributed by atoms with van der Waals surface area (Å²) in [5.41, 5.74) is 6.44. The number of anilines is 2. The average molecular weight is 811 g/mol. The predicted molar refractivity (Wildman–Crippen MR) is 219 cm³/mol. The topological polar surface area (TPSA) is 220 Å². The molecule has 0 aliphatic heterocycles. The van der Waals surface area contributed by atoms with Gasteiger partial charge in [0.25, 0.3) is 0 Å². The third-order valence-corrected chi connectivity index (χ3v) is 8.68. The van der Waals surface area contributed by atoms with Crippen molar-refractivity contribution >= 4 is 33.4 Å². The van der Waals surface area contributed by atoms with Crippen molar-refractivity contribution in [2.45, 2.75) is 79.1 Å². The lowest BCUT2D eigenvalue weighted by molar-refractivity contribution is 0.306. The number of fused-ring (bicyclic) bond motifs is 2. The summed E-state index contributed by atoms with van der Waals surface area (Å²) in [4.78, 5) is 17.8. The van der Waals surface area contributed by atoms with Gasteiger partial charge in [-0.15, -0.1) is 10.2 Å². The minimum atomic E-state index is -1.02. The maximum absolute atomic E-state index is 13.3. The molecule has 8 aromatic heterocycles. The molecule has 304 valence electrons. The van der Waals surface area contributed by atoms with Crippen LogP contribution in [0.4, 0.5) is 20.2 Å². The van der Waals surface area contributed by atoms with E-state index in [-0.39, 0.29) is 25.2 Å². The maximum atomic E-state index is 13.3. The smallest absolute Gasteiger partial charge is 0.164 e. The summed E-state index contributed by atoms with van der Waals surface area (Å²) in [5, 5.41) is 51.5. The largest absolute Gasteiger partial charge is 0.382 e. The Hall–Kier alpha value is -7.74. The van der Waals surface area contributed by atoms with Gasteiger partial charge < -0.3 is 10.6 Å². The molecule has 0 radical (unpaired) electrons. The molecule has 8 aromatic rings. The van der Waals surface area contributed by atoms with Gasteiger partial charge in [-0.3, -0.25) is 0 Å². The molecule has 0 fully saturated rings. The van der Waals surface area contributed by atoms with E-state index in [4.69, 9.17) is 10.5 Å². The second-order valence-corrected chi connectivity index (χ2v) is 14.6. The zero-order valence-corrected chi connectivity index (χ0v) is 33.6. The number of alkyl halides is 2. The van der Waals surface area contributed by atoms with E-state index in [0.717, 1.165) is 33.3 Å². The minimum Gasteiger partial charge on any atom is -0.382 e. The van der Waals surface area contributed by atoms with Crippen molar-refractivity contribution in [3.63, 3.8) is 0 Å². The van der Waals surface area contributed by atoms with E-state index in [1.165, 1.54) is 35.6 Å². The molecule has 60 heavy (non-hydrogen) atoms. The first-order valence-corrected chi connectivity index (χ1v) is 19.0. The Morgan fingerprint density at radius 2 is 1.00 bits per heavy atom. The van der Waals surface area contributed by atoms with Crippen molar-refractivity contribution in [1.82, 2.24) is 69.5 Å². The lowest BCUT2D eigenvalue weighted by Crippen LogP contribution is -2.12. The predicted octanol–water partition coefficient (Wildman–Crippen LogP) is 6.25. The fraction of sp³-hybridized carbons (Fsp3) is 0.300. The molecule has 20 heteroatoms. The van der Waals surface area contributed by atoms with Crippen LogP contribution in [0.25, 0.3) is 56.2 Å². The van der Waals surface area contributed by atoms with Crippen molar-refractivity contribution in [3.05, 3.63) is 85.0 Å². The molecule has 2 atom stereocenters. The number of nitrogens with one attached hydrogen (secondary N) is 2. The van der Waals surface area contributed by atoms with Crippen LogP contribution in [0.15, 0.2) is 73.8 Å². The van der Waals surface area contributed by atoms with E-state index in [1.807, 2.05) is 39.8 Å². The summed E-state index contributed by atoms with van der Waals surface area (Å²) in [6, 6.07) is 11.7. The van der Waals surface area contributed by atoms with E-state index in [0.29, 0.717) is 45.4 Å². The molecule has 0 saturated heterocycles. The third kappa shape index (κ3) is 9.02. The monoisotopic (exact) mass is 810 g/mol. The van der Waals surface area contributed by atoms with Crippen LogP contribution >= 0.6 is 0 Å². The SMILES string of the molecule is CC(F)Cn1cc(-c2cnc(-n3ncc4cc(C#N)cnc43)cc2NC(C)C)nn1.CC(F)Cn1cc(-c2cnc(-n3ncc4cc(C#N)cnc43)cc2NC(C)C)nn1. The molecule has 0 aliphatic rings. The highest BCUT2D eigenvalue weighted by Gasteiger charge is 2.18. The maximum Gasteiger partial charge on any atom is 0.164 e. The lowest BCUT2D eigenvalue weighted by Gasteiger charge is -2.15. The minimum absolute atomic E-state index is 0.140. The number of halogens is 2. The summed E-state index contributed by atoms with van der Waals surface area (Å²) in [7, 11) is 0. The molecule has 0 aromatic carbocycles. The van der Waals surface area contributed by atoms with Crippen molar-refractivity contribution in [2.24, 2.45) is 0 Å². The van der Waals surface area contributed by atoms with Crippen LogP contribution in [-0.2, 0) is 13.1 Å². The van der Waals surface area contributed by atoms with Gasteiger partial charge in [-0.1, -0.05) is 10.4 Å². The number of hydrogen-bond donors (Lipinski definition) is 2. The lowest BCUT2D eigenvalue weighted by atomic mass is 10.1. The van der Waals surface area contributed by atoms with Crippen molar-refractivity contribution in [3.8, 4) is 46.3 Å². The quantitative estimate of drug-likeness (QED) is 0.139. The fourth-order valence-electron chi connectivity index (χ4n) is 6.23. The molecule has 8 rings (SSSR count). The van der Waals surface area contributed by atoms with Gasteiger partial charge >= 0.3 is 0 Å². The van der Waals surface area contributed by atoms with Gasteiger partial charge in [0, 0.05) is 82.3 Å². The summed E-state index contributed by atoms with van der Waals surface area (Å²) in [5.74, 6) is 1.14. The molecular formula is C40H40F2N18. The number of nitriles is 2. The first kappa shape index (κ1) is 40.5. The first-order valence-electron chi connectivity index (χ1n) is 19.0. The van der Waals surface area contributed by atoms with Crippen LogP contribution < -0.4 is 10.6 Å². The van der Waals surface area contributed by atoms with Crippen LogP contribution in [0.1, 0.15) is 52.7 Å². The Labute approximate surface area is 342 Å². The van der Waals surface area contributed by atoms with Crippen molar-refractivity contribution < 1.29 is 8.78 Å². The Morgan fingerprint density at radius 3 is 1.37 bits per heavy atom. The fourth-order valence-corrected chi connectivity index (χ4v) is 6.23. The van der Waals surface area contributed by atoms with Crippen LogP contribution in [-0.4, -0.2) is 93.9 Å². The molecule has 0 bridgehead atoms. The number of rotatable bonds is 12. The Kier molecular flexibility index (Phi) is 11.7. The normalized spacial score (nSPS) is 12.3. The molecule has 0 spiro atoms. The summed E-state index contributed by atoms with van der Waals surface area (Å²) < 4.78 is 32.8. The molecular weight excluding hydrogens is 771 g/mol. The molecule has 0 saturated carbocycles. The van der Waals surface area contributed by atoms with Crippen molar-refractivity contribution in [1.29, 1.82) is 10.5 Å². The zero-order chi connectivity index (χ0) is 42.5. The molecule has 2 N–H and O–H groups in total. The number of pyridine rings is 4. The van der Waals surface area contributed by atoms with E-state index in [9.17, 15) is 8.78 Å². The molecule has 8 heterocycles. The Bertz CT molecular complexity index is 2660. The van der Waals surface area contributed by atoms with E-state index >= 15 is 0 Å². The van der Waals surface area contributed by atoms with Crippen LogP contribution in [0, 0.1) is 22.7 Å².